The first-order valence-electron chi connectivity index (χ1n) is 5.96. The third-order valence-electron chi connectivity index (χ3n) is 2.98. The highest BCUT2D eigenvalue weighted by atomic mass is 19.4. The van der Waals surface area contributed by atoms with E-state index in [9.17, 15) is 22.0 Å². The van der Waals surface area contributed by atoms with Gasteiger partial charge in [-0.3, -0.25) is 0 Å². The van der Waals surface area contributed by atoms with E-state index in [0.29, 0.717) is 12.8 Å². The summed E-state index contributed by atoms with van der Waals surface area (Å²) in [6.07, 6.45) is -3.33. The van der Waals surface area contributed by atoms with Gasteiger partial charge in [-0.2, -0.15) is 13.2 Å². The molecule has 2 N–H and O–H groups in total. The zero-order chi connectivity index (χ0) is 13.8. The predicted molar refractivity (Wildman–Crippen MR) is 56.4 cm³/mol. The number of ether oxygens (including phenoxy) is 1. The molecule has 0 aromatic carbocycles. The minimum atomic E-state index is -4.38. The fourth-order valence-electron chi connectivity index (χ4n) is 2.30. The maximum atomic E-state index is 13.1. The van der Waals surface area contributed by atoms with Crippen LogP contribution in [0.25, 0.3) is 0 Å². The molecule has 0 amide bonds. The van der Waals surface area contributed by atoms with Crippen LogP contribution < -0.4 is 5.73 Å². The van der Waals surface area contributed by atoms with Gasteiger partial charge in [-0.25, -0.2) is 8.78 Å². The Bertz CT molecular complexity index is 256. The third kappa shape index (κ3) is 6.49. The number of alkyl halides is 5. The molecule has 0 saturated heterocycles. The van der Waals surface area contributed by atoms with Crippen molar-refractivity contribution < 1.29 is 26.7 Å². The Morgan fingerprint density at radius 3 is 2.56 bits per heavy atom. The van der Waals surface area contributed by atoms with Gasteiger partial charge in [0, 0.05) is 18.9 Å². The van der Waals surface area contributed by atoms with Crippen LogP contribution in [0.4, 0.5) is 22.0 Å². The van der Waals surface area contributed by atoms with E-state index in [2.05, 4.69) is 4.74 Å². The van der Waals surface area contributed by atoms with E-state index in [4.69, 9.17) is 5.73 Å². The first-order valence-corrected chi connectivity index (χ1v) is 5.96. The molecular weight excluding hydrogens is 257 g/mol. The van der Waals surface area contributed by atoms with Crippen molar-refractivity contribution in [2.45, 2.75) is 50.2 Å². The lowest BCUT2D eigenvalue weighted by atomic mass is 9.83. The van der Waals surface area contributed by atoms with Gasteiger partial charge in [0.2, 0.25) is 5.92 Å². The van der Waals surface area contributed by atoms with Crippen LogP contribution in [-0.2, 0) is 4.74 Å². The summed E-state index contributed by atoms with van der Waals surface area (Å²) in [6.45, 7) is -1.59. The van der Waals surface area contributed by atoms with Crippen LogP contribution in [0.3, 0.4) is 0 Å². The molecule has 108 valence electrons. The molecule has 0 aromatic rings. The standard InChI is InChI=1S/C11H18F5NO/c12-10(13)3-1-2-8(5-10)4-9(17)6-18-7-11(14,15)16/h8-9H,1-7,17H2. The van der Waals surface area contributed by atoms with Gasteiger partial charge < -0.3 is 10.5 Å². The molecule has 0 heterocycles. The van der Waals surface area contributed by atoms with Crippen molar-refractivity contribution in [3.63, 3.8) is 0 Å². The van der Waals surface area contributed by atoms with Crippen LogP contribution in [0, 0.1) is 5.92 Å². The van der Waals surface area contributed by atoms with Crippen LogP contribution in [0.1, 0.15) is 32.1 Å². The maximum absolute atomic E-state index is 13.1. The largest absolute Gasteiger partial charge is 0.411 e. The Labute approximate surface area is 103 Å². The molecule has 0 aliphatic heterocycles. The van der Waals surface area contributed by atoms with E-state index in [1.54, 1.807) is 0 Å². The van der Waals surface area contributed by atoms with Crippen molar-refractivity contribution in [2.75, 3.05) is 13.2 Å². The summed E-state index contributed by atoms with van der Waals surface area (Å²) in [5.41, 5.74) is 5.59. The topological polar surface area (TPSA) is 35.2 Å². The molecule has 1 saturated carbocycles. The molecule has 1 fully saturated rings. The van der Waals surface area contributed by atoms with Crippen molar-refractivity contribution in [1.82, 2.24) is 0 Å². The van der Waals surface area contributed by atoms with E-state index in [-0.39, 0.29) is 31.8 Å². The van der Waals surface area contributed by atoms with Gasteiger partial charge in [0.05, 0.1) is 6.61 Å². The predicted octanol–water partition coefficient (Wildman–Crippen LogP) is 3.11. The molecule has 2 nitrogen and oxygen atoms in total. The molecular formula is C11H18F5NO. The summed E-state index contributed by atoms with van der Waals surface area (Å²) in [4.78, 5) is 0. The van der Waals surface area contributed by atoms with Gasteiger partial charge in [-0.05, 0) is 25.2 Å². The average Bonchev–Trinajstić information content (AvgIpc) is 2.13. The van der Waals surface area contributed by atoms with Crippen molar-refractivity contribution in [3.05, 3.63) is 0 Å². The highest BCUT2D eigenvalue weighted by Crippen LogP contribution is 2.38. The quantitative estimate of drug-likeness (QED) is 0.782. The lowest BCUT2D eigenvalue weighted by molar-refractivity contribution is -0.175. The molecule has 1 rings (SSSR count). The van der Waals surface area contributed by atoms with Crippen LogP contribution in [0.2, 0.25) is 0 Å². The number of hydrogen-bond acceptors (Lipinski definition) is 2. The second kappa shape index (κ2) is 6.14. The van der Waals surface area contributed by atoms with Gasteiger partial charge in [0.15, 0.2) is 0 Å². The zero-order valence-corrected chi connectivity index (χ0v) is 9.98. The van der Waals surface area contributed by atoms with Gasteiger partial charge in [0.1, 0.15) is 6.61 Å². The molecule has 0 spiro atoms. The Hall–Kier alpha value is -0.430. The molecule has 1 aliphatic carbocycles. The lowest BCUT2D eigenvalue weighted by Gasteiger charge is -2.30. The zero-order valence-electron chi connectivity index (χ0n) is 9.98. The smallest absolute Gasteiger partial charge is 0.370 e. The second-order valence-corrected chi connectivity index (χ2v) is 4.94. The molecule has 2 unspecified atom stereocenters. The lowest BCUT2D eigenvalue weighted by Crippen LogP contribution is -2.34. The summed E-state index contributed by atoms with van der Waals surface area (Å²) >= 11 is 0. The van der Waals surface area contributed by atoms with Crippen LogP contribution >= 0.6 is 0 Å². The highest BCUT2D eigenvalue weighted by molar-refractivity contribution is 4.80. The summed E-state index contributed by atoms with van der Waals surface area (Å²) in [5.74, 6) is -2.88. The third-order valence-corrected chi connectivity index (χ3v) is 2.98. The first-order chi connectivity index (χ1) is 8.18. The van der Waals surface area contributed by atoms with E-state index in [1.165, 1.54) is 0 Å². The summed E-state index contributed by atoms with van der Waals surface area (Å²) in [5, 5.41) is 0. The Balaban J connectivity index is 2.21. The molecule has 18 heavy (non-hydrogen) atoms. The van der Waals surface area contributed by atoms with Crippen molar-refractivity contribution in [3.8, 4) is 0 Å². The molecule has 0 radical (unpaired) electrons. The normalized spacial score (nSPS) is 26.0. The minimum absolute atomic E-state index is 0.108. The van der Waals surface area contributed by atoms with E-state index in [1.807, 2.05) is 0 Å². The Kier molecular flexibility index (Phi) is 5.33. The second-order valence-electron chi connectivity index (χ2n) is 4.94. The SMILES string of the molecule is NC(COCC(F)(F)F)CC1CCCC(F)(F)C1. The monoisotopic (exact) mass is 275 g/mol. The molecule has 2 atom stereocenters. The van der Waals surface area contributed by atoms with E-state index in [0.717, 1.165) is 0 Å². The van der Waals surface area contributed by atoms with Crippen molar-refractivity contribution in [1.29, 1.82) is 0 Å². The van der Waals surface area contributed by atoms with Gasteiger partial charge in [-0.15, -0.1) is 0 Å². The molecule has 0 bridgehead atoms. The van der Waals surface area contributed by atoms with Gasteiger partial charge >= 0.3 is 6.18 Å². The summed E-state index contributed by atoms with van der Waals surface area (Å²) in [7, 11) is 0. The van der Waals surface area contributed by atoms with E-state index >= 15 is 0 Å². The first kappa shape index (κ1) is 15.6. The molecule has 0 aromatic heterocycles. The Morgan fingerprint density at radius 1 is 1.33 bits per heavy atom. The average molecular weight is 275 g/mol. The summed E-state index contributed by atoms with van der Waals surface area (Å²) in [6, 6.07) is -0.619. The number of rotatable bonds is 5. The fraction of sp³-hybridized carbons (Fsp3) is 1.00. The number of nitrogens with two attached hydrogens (primary N) is 1. The minimum Gasteiger partial charge on any atom is -0.370 e. The highest BCUT2D eigenvalue weighted by Gasteiger charge is 2.36. The van der Waals surface area contributed by atoms with Crippen LogP contribution in [-0.4, -0.2) is 31.4 Å². The number of halogens is 5. The van der Waals surface area contributed by atoms with Gasteiger partial charge in [-0.1, -0.05) is 0 Å². The van der Waals surface area contributed by atoms with Crippen molar-refractivity contribution in [2.24, 2.45) is 11.7 Å². The van der Waals surface area contributed by atoms with Crippen LogP contribution in [0.15, 0.2) is 0 Å². The van der Waals surface area contributed by atoms with Gasteiger partial charge in [0.25, 0.3) is 0 Å². The summed E-state index contributed by atoms with van der Waals surface area (Å²) < 4.78 is 66.0. The molecule has 1 aliphatic rings. The molecule has 7 heteroatoms. The van der Waals surface area contributed by atoms with E-state index < -0.39 is 24.7 Å². The van der Waals surface area contributed by atoms with Crippen molar-refractivity contribution >= 4 is 0 Å². The maximum Gasteiger partial charge on any atom is 0.411 e. The Morgan fingerprint density at radius 2 is 2.00 bits per heavy atom. The number of hydrogen-bond donors (Lipinski definition) is 1. The van der Waals surface area contributed by atoms with Crippen LogP contribution in [0.5, 0.6) is 0 Å². The fourth-order valence-corrected chi connectivity index (χ4v) is 2.30.